The van der Waals surface area contributed by atoms with Gasteiger partial charge < -0.3 is 34.2 Å². The molecule has 0 fully saturated rings. The first-order chi connectivity index (χ1) is 55.2. The Hall–Kier alpha value is -4.83. The van der Waals surface area contributed by atoms with Crippen molar-refractivity contribution in [2.75, 3.05) is 39.6 Å². The number of aliphatic hydroxyl groups excluding tert-OH is 2. The largest absolute Gasteiger partial charge is 0.472 e. The molecule has 16 nitrogen and oxygen atoms in total. The van der Waals surface area contributed by atoms with E-state index in [4.69, 9.17) is 32.3 Å². The summed E-state index contributed by atoms with van der Waals surface area (Å²) in [5.74, 6) is -1.59. The van der Waals surface area contributed by atoms with E-state index in [1.165, 1.54) is 141 Å². The molecule has 0 aliphatic rings. The van der Waals surface area contributed by atoms with E-state index in [0.29, 0.717) is 19.3 Å². The number of carbonyl (C=O) groups excluding carboxylic acids is 3. The van der Waals surface area contributed by atoms with E-state index in [9.17, 15) is 43.5 Å². The third-order valence-corrected chi connectivity index (χ3v) is 20.6. The number of phosphoric acid groups is 2. The van der Waals surface area contributed by atoms with Crippen molar-refractivity contribution in [3.8, 4) is 0 Å². The summed E-state index contributed by atoms with van der Waals surface area (Å²) in [4.78, 5) is 58.9. The lowest BCUT2D eigenvalue weighted by atomic mass is 10.0. The molecule has 648 valence electrons. The van der Waals surface area contributed by atoms with E-state index >= 15 is 0 Å². The van der Waals surface area contributed by atoms with E-state index in [2.05, 4.69) is 179 Å². The Balaban J connectivity index is 4.57. The van der Waals surface area contributed by atoms with Crippen LogP contribution in [0, 0.1) is 0 Å². The van der Waals surface area contributed by atoms with Crippen LogP contribution < -0.4 is 0 Å². The molecule has 0 aromatic rings. The SMILES string of the molecule is CC/C=C\C/C=C\C/C=C\C/C=C\C/C=C\CCCCCCCCCCCCCCCCCC(=O)OCC(O)COP(=O)(O)OCC(O)COP(=O)(O)OCC(COC(=O)CCCCCCCCCCCCC/C=C\C/C=C\C/C=C\C/C=C\CCCCC)OC(=O)CCCCCCCC/C=C\C/C=C\C/C=C\C/C=C\CC. The van der Waals surface area contributed by atoms with Gasteiger partial charge >= 0.3 is 33.6 Å². The fraction of sp³-hybridized carbons (Fsp3) is 0.695. The van der Waals surface area contributed by atoms with Crippen molar-refractivity contribution in [2.24, 2.45) is 0 Å². The van der Waals surface area contributed by atoms with E-state index < -0.39 is 91.5 Å². The predicted molar refractivity (Wildman–Crippen MR) is 472 cm³/mol. The van der Waals surface area contributed by atoms with Gasteiger partial charge in [0.15, 0.2) is 6.10 Å². The standard InChI is InChI=1S/C95H162O16P2/c1-4-7-10-13-16-19-22-25-28-31-34-36-38-40-42-43-44-45-47-49-50-52-55-57-60-63-66-69-72-75-78-81-93(98)105-84-90(96)85-107-112(101,102)108-86-91(97)87-109-113(103,104)110-89-92(111-95(100)83-80-77-74-71-68-65-62-59-54-33-30-27-24-21-18-15-12-9-6-3)88-106-94(99)82-79-76-73-70-67-64-61-58-56-53-51-48-46-41-39-37-35-32-29-26-23-20-17-14-11-8-5-2/h7,9-10,12,16-21,25-30,34-37,40-42,46,54,59,90-92,96-97H,4-6,8,11,13-15,22-24,31-33,38-39,43-45,47-53,55-58,60-89H2,1-3H3,(H,101,102)(H,103,104)/b10-7-,12-9-,19-16-,20-17-,21-18-,28-25-,29-26-,30-27-,36-34-,37-35-,42-40-,46-41-,59-54-. The highest BCUT2D eigenvalue weighted by molar-refractivity contribution is 7.47. The van der Waals surface area contributed by atoms with E-state index in [0.717, 1.165) is 167 Å². The molecule has 0 spiro atoms. The van der Waals surface area contributed by atoms with Crippen molar-refractivity contribution < 1.29 is 75.8 Å². The Labute approximate surface area is 689 Å². The van der Waals surface area contributed by atoms with Crippen LogP contribution in [-0.4, -0.2) is 95.9 Å². The Morgan fingerprint density at radius 3 is 0.743 bits per heavy atom. The van der Waals surface area contributed by atoms with Crippen molar-refractivity contribution in [3.63, 3.8) is 0 Å². The first-order valence-electron chi connectivity index (χ1n) is 44.8. The second kappa shape index (κ2) is 86.5. The number of carbonyl (C=O) groups is 3. The summed E-state index contributed by atoms with van der Waals surface area (Å²) in [6, 6.07) is 0. The molecular weight excluding hydrogens is 1460 g/mol. The van der Waals surface area contributed by atoms with Crippen molar-refractivity contribution in [3.05, 3.63) is 158 Å². The summed E-state index contributed by atoms with van der Waals surface area (Å²) < 4.78 is 61.4. The molecule has 0 radical (unpaired) electrons. The summed E-state index contributed by atoms with van der Waals surface area (Å²) >= 11 is 0. The van der Waals surface area contributed by atoms with Crippen molar-refractivity contribution in [2.45, 2.75) is 386 Å². The normalized spacial score (nSPS) is 14.6. The molecule has 5 unspecified atom stereocenters. The number of esters is 3. The molecule has 0 bridgehead atoms. The summed E-state index contributed by atoms with van der Waals surface area (Å²) in [5, 5.41) is 20.7. The molecule has 0 aromatic carbocycles. The Kier molecular flexibility index (Phi) is 82.8. The average molecular weight is 1620 g/mol. The molecule has 0 heterocycles. The summed E-state index contributed by atoms with van der Waals surface area (Å²) in [5.41, 5.74) is 0. The fourth-order valence-corrected chi connectivity index (χ4v) is 13.6. The molecule has 0 saturated carbocycles. The fourth-order valence-electron chi connectivity index (χ4n) is 12.0. The van der Waals surface area contributed by atoms with Crippen LogP contribution in [0.1, 0.15) is 367 Å². The van der Waals surface area contributed by atoms with Crippen molar-refractivity contribution in [1.29, 1.82) is 0 Å². The van der Waals surface area contributed by atoms with E-state index in [1.807, 2.05) is 0 Å². The second-order valence-electron chi connectivity index (χ2n) is 29.6. The number of phosphoric ester groups is 2. The lowest BCUT2D eigenvalue weighted by molar-refractivity contribution is -0.161. The van der Waals surface area contributed by atoms with Gasteiger partial charge in [0.1, 0.15) is 25.4 Å². The van der Waals surface area contributed by atoms with Crippen LogP contribution in [0.15, 0.2) is 158 Å². The van der Waals surface area contributed by atoms with Crippen LogP contribution in [0.2, 0.25) is 0 Å². The lowest BCUT2D eigenvalue weighted by Crippen LogP contribution is -2.30. The maximum atomic E-state index is 13.0. The Bertz CT molecular complexity index is 2680. The van der Waals surface area contributed by atoms with Crippen LogP contribution in [0.25, 0.3) is 0 Å². The molecule has 0 rings (SSSR count). The van der Waals surface area contributed by atoms with Gasteiger partial charge in [-0.05, 0) is 148 Å². The third-order valence-electron chi connectivity index (χ3n) is 18.7. The number of aliphatic hydroxyl groups is 2. The summed E-state index contributed by atoms with van der Waals surface area (Å²) in [6.45, 7) is 2.45. The zero-order valence-corrected chi connectivity index (χ0v) is 73.0. The molecule has 0 aliphatic carbocycles. The van der Waals surface area contributed by atoms with Crippen molar-refractivity contribution >= 4 is 33.6 Å². The molecule has 4 N–H and O–H groups in total. The van der Waals surface area contributed by atoms with Crippen LogP contribution in [-0.2, 0) is 55.8 Å². The molecule has 113 heavy (non-hydrogen) atoms. The number of allylic oxidation sites excluding steroid dienone is 26. The number of ether oxygens (including phenoxy) is 3. The molecule has 18 heteroatoms. The Morgan fingerprint density at radius 1 is 0.257 bits per heavy atom. The second-order valence-corrected chi connectivity index (χ2v) is 32.5. The van der Waals surface area contributed by atoms with Gasteiger partial charge in [-0.25, -0.2) is 9.13 Å². The van der Waals surface area contributed by atoms with Gasteiger partial charge in [0.2, 0.25) is 0 Å². The topological polar surface area (TPSA) is 231 Å². The first kappa shape index (κ1) is 108. The summed E-state index contributed by atoms with van der Waals surface area (Å²) in [6.07, 6.45) is 110. The van der Waals surface area contributed by atoms with Gasteiger partial charge in [0.05, 0.1) is 26.4 Å². The molecule has 5 atom stereocenters. The zero-order valence-electron chi connectivity index (χ0n) is 71.3. The smallest absolute Gasteiger partial charge is 0.463 e. The first-order valence-corrected chi connectivity index (χ1v) is 47.8. The number of rotatable bonds is 84. The quantitative estimate of drug-likeness (QED) is 0.0146. The monoisotopic (exact) mass is 1620 g/mol. The molecule has 0 saturated heterocycles. The maximum absolute atomic E-state index is 13.0. The molecular formula is C95H162O16P2. The number of unbranched alkanes of at least 4 members (excludes halogenated alkanes) is 35. The minimum Gasteiger partial charge on any atom is -0.463 e. The number of hydrogen-bond acceptors (Lipinski definition) is 14. The van der Waals surface area contributed by atoms with Crippen LogP contribution in [0.3, 0.4) is 0 Å². The van der Waals surface area contributed by atoms with Crippen LogP contribution in [0.5, 0.6) is 0 Å². The minimum atomic E-state index is -4.95. The molecule has 0 aliphatic heterocycles. The van der Waals surface area contributed by atoms with Crippen LogP contribution >= 0.6 is 15.6 Å². The highest BCUT2D eigenvalue weighted by atomic mass is 31.2. The molecule has 0 aromatic heterocycles. The van der Waals surface area contributed by atoms with Crippen molar-refractivity contribution in [1.82, 2.24) is 0 Å². The lowest BCUT2D eigenvalue weighted by Gasteiger charge is -2.21. The van der Waals surface area contributed by atoms with Gasteiger partial charge in [-0.1, -0.05) is 359 Å². The van der Waals surface area contributed by atoms with Gasteiger partial charge in [-0.3, -0.25) is 32.5 Å². The highest BCUT2D eigenvalue weighted by Crippen LogP contribution is 2.45. The third kappa shape index (κ3) is 87.8. The maximum Gasteiger partial charge on any atom is 0.472 e. The number of hydrogen-bond donors (Lipinski definition) is 4. The Morgan fingerprint density at radius 2 is 0.469 bits per heavy atom. The average Bonchev–Trinajstić information content (AvgIpc) is 0.899. The van der Waals surface area contributed by atoms with E-state index in [-0.39, 0.29) is 19.3 Å². The van der Waals surface area contributed by atoms with Crippen LogP contribution in [0.4, 0.5) is 0 Å². The predicted octanol–water partition coefficient (Wildman–Crippen LogP) is 27.3. The van der Waals surface area contributed by atoms with E-state index in [1.54, 1.807) is 0 Å². The van der Waals surface area contributed by atoms with Gasteiger partial charge in [-0.2, -0.15) is 0 Å². The molecule has 0 amide bonds. The minimum absolute atomic E-state index is 0.0844. The summed E-state index contributed by atoms with van der Waals surface area (Å²) in [7, 11) is -9.81. The van der Waals surface area contributed by atoms with Gasteiger partial charge in [-0.15, -0.1) is 0 Å². The zero-order chi connectivity index (χ0) is 82.2. The highest BCUT2D eigenvalue weighted by Gasteiger charge is 2.29. The van der Waals surface area contributed by atoms with Gasteiger partial charge in [0, 0.05) is 19.3 Å². The van der Waals surface area contributed by atoms with Gasteiger partial charge in [0.25, 0.3) is 0 Å².